The lowest BCUT2D eigenvalue weighted by atomic mass is 9.89. The van der Waals surface area contributed by atoms with Crippen LogP contribution < -0.4 is 9.47 Å². The van der Waals surface area contributed by atoms with Crippen molar-refractivity contribution in [2.24, 2.45) is 0 Å². The van der Waals surface area contributed by atoms with E-state index in [-0.39, 0.29) is 13.2 Å². The van der Waals surface area contributed by atoms with Gasteiger partial charge in [0.1, 0.15) is 23.0 Å². The topological polar surface area (TPSA) is 58.9 Å². The average Bonchev–Trinajstić information content (AvgIpc) is 3.44. The number of hydrogen-bond donors (Lipinski definition) is 2. The van der Waals surface area contributed by atoms with Crippen molar-refractivity contribution < 1.29 is 19.7 Å². The molecule has 0 amide bonds. The lowest BCUT2D eigenvalue weighted by Crippen LogP contribution is -1.99. The van der Waals surface area contributed by atoms with Crippen molar-refractivity contribution in [1.29, 1.82) is 0 Å². The summed E-state index contributed by atoms with van der Waals surface area (Å²) in [6, 6.07) is 83.7. The molecule has 0 fully saturated rings. The molecule has 0 unspecified atom stereocenters. The fourth-order valence-electron chi connectivity index (χ4n) is 10.1. The van der Waals surface area contributed by atoms with E-state index >= 15 is 0 Å². The van der Waals surface area contributed by atoms with Crippen LogP contribution in [0.3, 0.4) is 0 Å². The molecule has 4 heteroatoms. The lowest BCUT2D eigenvalue weighted by Gasteiger charge is -2.23. The van der Waals surface area contributed by atoms with Gasteiger partial charge in [-0.15, -0.1) is 0 Å². The SMILES string of the molecule is OCc1cc(-c2ccccc2)c(Oc2ccc3cc(-c4ccccc4)ccc3c2-c2c(Oc3c(-c4ccccc4)cc(CO)c4ccccc34)ccc3cc(-c4ccccc4)ccc23)c2ccccc12. The van der Waals surface area contributed by atoms with Gasteiger partial charge in [-0.05, 0) is 113 Å². The number of aliphatic hydroxyl groups is 2. The van der Waals surface area contributed by atoms with Crippen LogP contribution in [0.1, 0.15) is 11.1 Å². The molecule has 2 N–H and O–H groups in total. The molecule has 0 aromatic heterocycles. The molecule has 0 saturated heterocycles. The first kappa shape index (κ1) is 42.5. The second-order valence-corrected chi connectivity index (χ2v) is 17.6. The number of hydrogen-bond acceptors (Lipinski definition) is 4. The quantitative estimate of drug-likeness (QED) is 0.136. The molecule has 0 radical (unpaired) electrons. The molecule has 334 valence electrons. The summed E-state index contributed by atoms with van der Waals surface area (Å²) in [5, 5.41) is 29.2. The van der Waals surface area contributed by atoms with Gasteiger partial charge in [-0.3, -0.25) is 0 Å². The third-order valence-corrected chi connectivity index (χ3v) is 13.5. The van der Waals surface area contributed by atoms with E-state index in [4.69, 9.17) is 9.47 Å². The highest BCUT2D eigenvalue weighted by atomic mass is 16.5. The molecule has 12 aromatic carbocycles. The Morgan fingerprint density at radius 1 is 0.271 bits per heavy atom. The van der Waals surface area contributed by atoms with Crippen molar-refractivity contribution in [1.82, 2.24) is 0 Å². The Labute approximate surface area is 406 Å². The molecule has 0 bridgehead atoms. The van der Waals surface area contributed by atoms with Gasteiger partial charge >= 0.3 is 0 Å². The van der Waals surface area contributed by atoms with Crippen LogP contribution in [0.5, 0.6) is 23.0 Å². The first-order valence-electron chi connectivity index (χ1n) is 23.7. The van der Waals surface area contributed by atoms with E-state index in [1.165, 1.54) is 0 Å². The molecular weight excluding hydrogens is 857 g/mol. The minimum Gasteiger partial charge on any atom is -0.455 e. The summed E-state index contributed by atoms with van der Waals surface area (Å²) in [5.74, 6) is 2.66. The maximum atomic E-state index is 10.8. The highest BCUT2D eigenvalue weighted by Gasteiger charge is 2.25. The second kappa shape index (κ2) is 18.4. The zero-order chi connectivity index (χ0) is 47.0. The van der Waals surface area contributed by atoms with Crippen LogP contribution in [0.25, 0.3) is 98.7 Å². The largest absolute Gasteiger partial charge is 0.455 e. The molecule has 4 nitrogen and oxygen atoms in total. The van der Waals surface area contributed by atoms with E-state index in [2.05, 4.69) is 158 Å². The van der Waals surface area contributed by atoms with E-state index in [1.54, 1.807) is 0 Å². The van der Waals surface area contributed by atoms with E-state index in [0.717, 1.165) is 110 Å². The van der Waals surface area contributed by atoms with E-state index in [9.17, 15) is 10.2 Å². The van der Waals surface area contributed by atoms with Crippen LogP contribution in [-0.2, 0) is 13.2 Å². The molecule has 0 spiro atoms. The van der Waals surface area contributed by atoms with E-state index < -0.39 is 0 Å². The highest BCUT2D eigenvalue weighted by Crippen LogP contribution is 2.52. The molecule has 0 heterocycles. The van der Waals surface area contributed by atoms with Crippen molar-refractivity contribution in [3.8, 4) is 78.6 Å². The van der Waals surface area contributed by atoms with Crippen LogP contribution >= 0.6 is 0 Å². The van der Waals surface area contributed by atoms with Gasteiger partial charge in [0.15, 0.2) is 0 Å². The predicted molar refractivity (Wildman–Crippen MR) is 289 cm³/mol. The first-order valence-corrected chi connectivity index (χ1v) is 23.7. The van der Waals surface area contributed by atoms with Gasteiger partial charge in [0.25, 0.3) is 0 Å². The summed E-state index contributed by atoms with van der Waals surface area (Å²) >= 11 is 0. The molecule has 12 aromatic rings. The minimum atomic E-state index is -0.119. The molecule has 0 saturated carbocycles. The maximum absolute atomic E-state index is 10.8. The van der Waals surface area contributed by atoms with Gasteiger partial charge in [0.2, 0.25) is 0 Å². The third kappa shape index (κ3) is 7.72. The maximum Gasteiger partial charge on any atom is 0.143 e. The van der Waals surface area contributed by atoms with Gasteiger partial charge in [-0.1, -0.05) is 206 Å². The predicted octanol–water partition coefficient (Wildman–Crippen LogP) is 17.2. The molecule has 0 aliphatic heterocycles. The molecular formula is C66H46O4. The summed E-state index contributed by atoms with van der Waals surface area (Å²) in [4.78, 5) is 0. The number of benzene rings is 12. The molecule has 0 aliphatic rings. The van der Waals surface area contributed by atoms with Gasteiger partial charge < -0.3 is 19.7 Å². The third-order valence-electron chi connectivity index (χ3n) is 13.5. The summed E-state index contributed by atoms with van der Waals surface area (Å²) in [6.45, 7) is -0.238. The zero-order valence-electron chi connectivity index (χ0n) is 38.2. The van der Waals surface area contributed by atoms with Crippen LogP contribution in [-0.4, -0.2) is 10.2 Å². The summed E-state index contributed by atoms with van der Waals surface area (Å²) in [7, 11) is 0. The highest BCUT2D eigenvalue weighted by molar-refractivity contribution is 6.12. The zero-order valence-corrected chi connectivity index (χ0v) is 38.2. The number of fused-ring (bicyclic) bond motifs is 4. The van der Waals surface area contributed by atoms with Gasteiger partial charge in [-0.2, -0.15) is 0 Å². The number of aliphatic hydroxyl groups excluding tert-OH is 2. The lowest BCUT2D eigenvalue weighted by molar-refractivity contribution is 0.283. The van der Waals surface area contributed by atoms with Crippen LogP contribution in [0, 0.1) is 0 Å². The van der Waals surface area contributed by atoms with Gasteiger partial charge in [0.05, 0.1) is 13.2 Å². The van der Waals surface area contributed by atoms with Crippen molar-refractivity contribution in [3.63, 3.8) is 0 Å². The normalized spacial score (nSPS) is 11.4. The molecule has 12 rings (SSSR count). The Bertz CT molecular complexity index is 3630. The Hall–Kier alpha value is -8.80. The fraction of sp³-hybridized carbons (Fsp3) is 0.0303. The Morgan fingerprint density at radius 2 is 0.614 bits per heavy atom. The van der Waals surface area contributed by atoms with Crippen LogP contribution in [0.2, 0.25) is 0 Å². The van der Waals surface area contributed by atoms with Crippen molar-refractivity contribution in [2.45, 2.75) is 13.2 Å². The smallest absolute Gasteiger partial charge is 0.143 e. The Morgan fingerprint density at radius 3 is 0.986 bits per heavy atom. The standard InChI is InChI=1S/C66H46O4/c67-41-51-39-59(45-21-9-3-10-22-45)65(57-27-15-13-25-53(51)57)69-61-35-31-49-37-47(43-17-5-1-6-18-43)29-33-55(49)63(61)64-56-34-30-48(44-19-7-2-8-20-44)38-50(56)32-36-62(64)70-66-58-28-16-14-26-54(58)52(42-68)40-60(66)46-23-11-4-12-24-46/h1-40,67-68H,41-42H2. The van der Waals surface area contributed by atoms with Gasteiger partial charge in [0, 0.05) is 33.0 Å². The Kier molecular flexibility index (Phi) is 11.2. The van der Waals surface area contributed by atoms with Crippen molar-refractivity contribution in [2.75, 3.05) is 0 Å². The van der Waals surface area contributed by atoms with Crippen LogP contribution in [0.15, 0.2) is 243 Å². The van der Waals surface area contributed by atoms with E-state index in [0.29, 0.717) is 23.0 Å². The fourth-order valence-corrected chi connectivity index (χ4v) is 10.1. The van der Waals surface area contributed by atoms with Crippen molar-refractivity contribution >= 4 is 43.1 Å². The number of ether oxygens (including phenoxy) is 2. The summed E-state index contributed by atoms with van der Waals surface area (Å²) in [5.41, 5.74) is 11.6. The molecule has 70 heavy (non-hydrogen) atoms. The summed E-state index contributed by atoms with van der Waals surface area (Å²) < 4.78 is 15.1. The van der Waals surface area contributed by atoms with E-state index in [1.807, 2.05) is 84.9 Å². The molecule has 0 atom stereocenters. The monoisotopic (exact) mass is 902 g/mol. The first-order chi connectivity index (χ1) is 34.6. The summed E-state index contributed by atoms with van der Waals surface area (Å²) in [6.07, 6.45) is 0. The van der Waals surface area contributed by atoms with Crippen LogP contribution in [0.4, 0.5) is 0 Å². The molecule has 0 aliphatic carbocycles. The average molecular weight is 903 g/mol. The second-order valence-electron chi connectivity index (χ2n) is 17.6. The Balaban J connectivity index is 1.17. The van der Waals surface area contributed by atoms with Gasteiger partial charge in [-0.25, -0.2) is 0 Å². The number of rotatable bonds is 11. The van der Waals surface area contributed by atoms with Crippen molar-refractivity contribution in [3.05, 3.63) is 254 Å². The minimum absolute atomic E-state index is 0.119.